The number of benzene rings is 2. The van der Waals surface area contributed by atoms with Crippen molar-refractivity contribution in [1.29, 1.82) is 0 Å². The molecule has 21 heavy (non-hydrogen) atoms. The number of nitrogens with zero attached hydrogens (tertiary/aromatic N) is 1. The Balaban J connectivity index is 2.08. The number of pyridine rings is 1. The Hall–Kier alpha value is -2.01. The van der Waals surface area contributed by atoms with Crippen LogP contribution in [0.25, 0.3) is 10.9 Å². The summed E-state index contributed by atoms with van der Waals surface area (Å²) in [6, 6.07) is 12.5. The van der Waals surface area contributed by atoms with Gasteiger partial charge in [-0.05, 0) is 24.3 Å². The van der Waals surface area contributed by atoms with Crippen molar-refractivity contribution in [1.82, 2.24) is 4.98 Å². The molecule has 0 N–H and O–H groups in total. The van der Waals surface area contributed by atoms with E-state index in [0.717, 1.165) is 34.7 Å². The lowest BCUT2D eigenvalue weighted by molar-refractivity contribution is 0.421. The van der Waals surface area contributed by atoms with Gasteiger partial charge in [-0.25, -0.2) is 13.8 Å². The summed E-state index contributed by atoms with van der Waals surface area (Å²) in [5.41, 5.74) is 1.49. The zero-order chi connectivity index (χ0) is 14.8. The molecule has 0 aliphatic rings. The van der Waals surface area contributed by atoms with Crippen LogP contribution in [0.15, 0.2) is 48.5 Å². The first kappa shape index (κ1) is 13.9. The van der Waals surface area contributed by atoms with E-state index in [1.807, 2.05) is 30.3 Å². The van der Waals surface area contributed by atoms with Crippen LogP contribution < -0.4 is 4.74 Å². The summed E-state index contributed by atoms with van der Waals surface area (Å²) in [4.78, 5) is 4.37. The van der Waals surface area contributed by atoms with Crippen molar-refractivity contribution >= 4 is 26.8 Å². The van der Waals surface area contributed by atoms with Gasteiger partial charge in [-0.2, -0.15) is 0 Å². The van der Waals surface area contributed by atoms with Gasteiger partial charge in [-0.3, -0.25) is 0 Å². The Morgan fingerprint density at radius 3 is 2.67 bits per heavy atom. The molecule has 0 bridgehead atoms. The molecule has 3 rings (SSSR count). The molecule has 5 heteroatoms. The highest BCUT2D eigenvalue weighted by Crippen LogP contribution is 2.30. The van der Waals surface area contributed by atoms with Crippen LogP contribution in [-0.2, 0) is 5.33 Å². The van der Waals surface area contributed by atoms with Gasteiger partial charge in [0.1, 0.15) is 5.82 Å². The number of para-hydroxylation sites is 1. The fraction of sp³-hybridized carbons (Fsp3) is 0.0625. The Kier molecular flexibility index (Phi) is 3.84. The number of alkyl halides is 1. The summed E-state index contributed by atoms with van der Waals surface area (Å²) >= 11 is 3.35. The fourth-order valence-electron chi connectivity index (χ4n) is 1.99. The van der Waals surface area contributed by atoms with E-state index in [9.17, 15) is 8.78 Å². The van der Waals surface area contributed by atoms with Crippen LogP contribution in [-0.4, -0.2) is 4.98 Å². The number of halogens is 3. The Morgan fingerprint density at radius 1 is 1.05 bits per heavy atom. The minimum Gasteiger partial charge on any atom is -0.435 e. The summed E-state index contributed by atoms with van der Waals surface area (Å²) in [5.74, 6) is -1.12. The third kappa shape index (κ3) is 2.88. The Labute approximate surface area is 128 Å². The van der Waals surface area contributed by atoms with Gasteiger partial charge in [0.15, 0.2) is 11.6 Å². The van der Waals surface area contributed by atoms with Crippen LogP contribution in [0.5, 0.6) is 11.6 Å². The van der Waals surface area contributed by atoms with Crippen molar-refractivity contribution in [3.63, 3.8) is 0 Å². The molecule has 0 radical (unpaired) electrons. The average Bonchev–Trinajstić information content (AvgIpc) is 2.50. The van der Waals surface area contributed by atoms with Crippen LogP contribution in [0.3, 0.4) is 0 Å². The quantitative estimate of drug-likeness (QED) is 0.606. The lowest BCUT2D eigenvalue weighted by atomic mass is 10.2. The number of rotatable bonds is 3. The second-order valence-electron chi connectivity index (χ2n) is 4.46. The molecule has 0 atom stereocenters. The molecule has 0 spiro atoms. The average molecular weight is 350 g/mol. The zero-order valence-corrected chi connectivity index (χ0v) is 12.4. The maximum absolute atomic E-state index is 13.7. The van der Waals surface area contributed by atoms with E-state index in [4.69, 9.17) is 4.74 Å². The first-order valence-corrected chi connectivity index (χ1v) is 7.37. The number of hydrogen-bond acceptors (Lipinski definition) is 2. The van der Waals surface area contributed by atoms with Crippen molar-refractivity contribution in [3.05, 3.63) is 65.7 Å². The van der Waals surface area contributed by atoms with Crippen LogP contribution >= 0.6 is 15.9 Å². The molecule has 3 aromatic rings. The summed E-state index contributed by atoms with van der Waals surface area (Å²) in [7, 11) is 0. The molecule has 0 amide bonds. The summed E-state index contributed by atoms with van der Waals surface area (Å²) in [5, 5.41) is 1.45. The van der Waals surface area contributed by atoms with Crippen molar-refractivity contribution in [2.24, 2.45) is 0 Å². The SMILES string of the molecule is Fc1ccc(F)c(Oc2nc3ccccc3cc2CBr)c1. The maximum Gasteiger partial charge on any atom is 0.224 e. The molecular weight excluding hydrogens is 340 g/mol. The molecule has 2 aromatic carbocycles. The Bertz CT molecular complexity index is 807. The van der Waals surface area contributed by atoms with Gasteiger partial charge in [0, 0.05) is 22.3 Å². The lowest BCUT2D eigenvalue weighted by Crippen LogP contribution is -1.96. The van der Waals surface area contributed by atoms with Crippen LogP contribution in [0, 0.1) is 11.6 Å². The van der Waals surface area contributed by atoms with Crippen molar-refractivity contribution < 1.29 is 13.5 Å². The number of hydrogen-bond donors (Lipinski definition) is 0. The summed E-state index contributed by atoms with van der Waals surface area (Å²) in [6.07, 6.45) is 0. The predicted octanol–water partition coefficient (Wildman–Crippen LogP) is 5.20. The largest absolute Gasteiger partial charge is 0.435 e. The van der Waals surface area contributed by atoms with Crippen LogP contribution in [0.1, 0.15) is 5.56 Å². The van der Waals surface area contributed by atoms with Crippen molar-refractivity contribution in [2.75, 3.05) is 0 Å². The second kappa shape index (κ2) is 5.77. The first-order valence-electron chi connectivity index (χ1n) is 6.25. The second-order valence-corrected chi connectivity index (χ2v) is 5.02. The molecule has 0 fully saturated rings. The van der Waals surface area contributed by atoms with Crippen LogP contribution in [0.4, 0.5) is 8.78 Å². The van der Waals surface area contributed by atoms with E-state index < -0.39 is 11.6 Å². The third-order valence-corrected chi connectivity index (χ3v) is 3.61. The topological polar surface area (TPSA) is 22.1 Å². The summed E-state index contributed by atoms with van der Waals surface area (Å²) < 4.78 is 32.3. The lowest BCUT2D eigenvalue weighted by Gasteiger charge is -2.11. The normalized spacial score (nSPS) is 10.8. The van der Waals surface area contributed by atoms with E-state index in [2.05, 4.69) is 20.9 Å². The van der Waals surface area contributed by atoms with Gasteiger partial charge >= 0.3 is 0 Å². The van der Waals surface area contributed by atoms with Crippen LogP contribution in [0.2, 0.25) is 0 Å². The molecule has 0 saturated carbocycles. The molecule has 2 nitrogen and oxygen atoms in total. The molecule has 1 heterocycles. The monoisotopic (exact) mass is 349 g/mol. The molecule has 1 aromatic heterocycles. The van der Waals surface area contributed by atoms with Gasteiger partial charge in [0.25, 0.3) is 0 Å². The standard InChI is InChI=1S/C16H10BrF2NO/c17-9-11-7-10-3-1-2-4-14(10)20-16(11)21-15-8-12(18)5-6-13(15)19/h1-8H,9H2. The zero-order valence-electron chi connectivity index (χ0n) is 10.8. The van der Waals surface area contributed by atoms with Gasteiger partial charge in [0.05, 0.1) is 5.52 Å². The number of aromatic nitrogens is 1. The Morgan fingerprint density at radius 2 is 1.86 bits per heavy atom. The first-order chi connectivity index (χ1) is 10.2. The summed E-state index contributed by atoms with van der Waals surface area (Å²) in [6.45, 7) is 0. The minimum absolute atomic E-state index is 0.181. The molecule has 0 unspecified atom stereocenters. The number of ether oxygens (including phenoxy) is 1. The maximum atomic E-state index is 13.7. The van der Waals surface area contributed by atoms with E-state index in [1.54, 1.807) is 0 Å². The van der Waals surface area contributed by atoms with Gasteiger partial charge in [-0.15, -0.1) is 0 Å². The molecule has 0 aliphatic carbocycles. The van der Waals surface area contributed by atoms with Crippen molar-refractivity contribution in [3.8, 4) is 11.6 Å². The van der Waals surface area contributed by atoms with E-state index >= 15 is 0 Å². The third-order valence-electron chi connectivity index (χ3n) is 3.01. The van der Waals surface area contributed by atoms with Crippen molar-refractivity contribution in [2.45, 2.75) is 5.33 Å². The molecule has 106 valence electrons. The van der Waals surface area contributed by atoms with E-state index in [-0.39, 0.29) is 11.6 Å². The van der Waals surface area contributed by atoms with Gasteiger partial charge in [-0.1, -0.05) is 34.1 Å². The highest BCUT2D eigenvalue weighted by atomic mass is 79.9. The molecular formula is C16H10BrF2NO. The van der Waals surface area contributed by atoms with E-state index in [1.165, 1.54) is 0 Å². The smallest absolute Gasteiger partial charge is 0.224 e. The van der Waals surface area contributed by atoms with Gasteiger partial charge < -0.3 is 4.74 Å². The number of fused-ring (bicyclic) bond motifs is 1. The highest BCUT2D eigenvalue weighted by molar-refractivity contribution is 9.08. The minimum atomic E-state index is -0.633. The fourth-order valence-corrected chi connectivity index (χ4v) is 2.39. The molecule has 0 saturated heterocycles. The van der Waals surface area contributed by atoms with E-state index in [0.29, 0.717) is 5.33 Å². The highest BCUT2D eigenvalue weighted by Gasteiger charge is 2.12. The van der Waals surface area contributed by atoms with Gasteiger partial charge in [0.2, 0.25) is 5.88 Å². The predicted molar refractivity (Wildman–Crippen MR) is 80.8 cm³/mol. The molecule has 0 aliphatic heterocycles.